The molecule has 0 atom stereocenters. The Balaban J connectivity index is 0.000000475. The summed E-state index contributed by atoms with van der Waals surface area (Å²) in [5.41, 5.74) is 5.17. The lowest BCUT2D eigenvalue weighted by Gasteiger charge is -2.46. The minimum absolute atomic E-state index is 0.00639. The molecule has 19 nitrogen and oxygen atoms in total. The Kier molecular flexibility index (Phi) is 37.4. The number of methoxy groups -OCH3 is 2. The number of aliphatic hydroxyl groups is 3. The molecule has 9 aliphatic heterocycles. The van der Waals surface area contributed by atoms with Gasteiger partial charge in [-0.1, -0.05) is 13.8 Å². The van der Waals surface area contributed by atoms with Crippen LogP contribution in [0.25, 0.3) is 0 Å². The van der Waals surface area contributed by atoms with Crippen LogP contribution in [0.15, 0.2) is 0 Å². The average molecular weight is 1210 g/mol. The van der Waals surface area contributed by atoms with Gasteiger partial charge in [-0.05, 0) is 151 Å². The van der Waals surface area contributed by atoms with E-state index in [9.17, 15) is 23.5 Å². The fourth-order valence-corrected chi connectivity index (χ4v) is 9.55. The van der Waals surface area contributed by atoms with E-state index in [2.05, 4.69) is 160 Å². The highest BCUT2D eigenvalue weighted by molar-refractivity contribution is 5.71. The first-order valence-corrected chi connectivity index (χ1v) is 32.2. The van der Waals surface area contributed by atoms with E-state index in [1.807, 2.05) is 34.6 Å². The van der Waals surface area contributed by atoms with Crippen molar-refractivity contribution in [2.75, 3.05) is 139 Å². The number of aliphatic hydroxyl groups excluding tert-OH is 2. The fourth-order valence-electron chi connectivity index (χ4n) is 9.55. The van der Waals surface area contributed by atoms with Crippen LogP contribution in [0.1, 0.15) is 152 Å². The van der Waals surface area contributed by atoms with Crippen molar-refractivity contribution < 1.29 is 47.9 Å². The third-order valence-electron chi connectivity index (χ3n) is 16.7. The molecule has 0 aromatic rings. The molecule has 9 heterocycles. The monoisotopic (exact) mass is 1210 g/mol. The van der Waals surface area contributed by atoms with Crippen LogP contribution in [-0.4, -0.2) is 306 Å². The van der Waals surface area contributed by atoms with Crippen molar-refractivity contribution in [1.82, 2.24) is 49.4 Å². The van der Waals surface area contributed by atoms with E-state index < -0.39 is 11.5 Å². The molecule has 9 rings (SSSR count). The molecule has 0 bridgehead atoms. The maximum Gasteiger partial charge on any atom is 0.407 e. The number of ether oxygens (including phenoxy) is 3. The minimum Gasteiger partial charge on any atom is -0.459 e. The highest BCUT2D eigenvalue weighted by Crippen LogP contribution is 2.28. The van der Waals surface area contributed by atoms with Crippen LogP contribution >= 0.6 is 0 Å². The zero-order valence-corrected chi connectivity index (χ0v) is 57.6. The van der Waals surface area contributed by atoms with Crippen molar-refractivity contribution in [2.45, 2.75) is 248 Å². The van der Waals surface area contributed by atoms with Gasteiger partial charge in [-0.15, -0.1) is 0 Å². The lowest BCUT2D eigenvalue weighted by Crippen LogP contribution is -2.61. The summed E-state index contributed by atoms with van der Waals surface area (Å²) in [6, 6.07) is 6.16. The number of halogens is 2. The molecule has 6 N–H and O–H groups in total. The number of nitrogens with two attached hydrogens (primary N) is 1. The number of nitrogens with one attached hydrogen (secondary N) is 1. The van der Waals surface area contributed by atoms with E-state index in [1.54, 1.807) is 12.0 Å². The van der Waals surface area contributed by atoms with Crippen LogP contribution in [0, 0.1) is 11.8 Å². The molecule has 0 aromatic heterocycles. The van der Waals surface area contributed by atoms with E-state index in [-0.39, 0.29) is 55.4 Å². The molecule has 1 amide bonds. The van der Waals surface area contributed by atoms with Crippen LogP contribution in [0.3, 0.4) is 0 Å². The SMILES string of the molecule is CC(C)C(=O)OC1CN(C(C)C)C1.CC(C)N1CC(C)(O)C1.CC(C)N1CC(CO)C1.CC(C)N1CC(F)(F)C1.CC(C)N1CC(N)C1.CC(C)N1CC(O)C1.CC(C)N1CCC1.COC(=O)NC1CN(C(C)C)C1.COC1CN(C(C)C)C1. The predicted molar refractivity (Wildman–Crippen MR) is 340 cm³/mol. The lowest BCUT2D eigenvalue weighted by molar-refractivity contribution is -0.162. The minimum atomic E-state index is -2.40. The Morgan fingerprint density at radius 2 is 0.869 bits per heavy atom. The Morgan fingerprint density at radius 3 is 1.10 bits per heavy atom. The van der Waals surface area contributed by atoms with Gasteiger partial charge in [0, 0.05) is 172 Å². The second-order valence-corrected chi connectivity index (χ2v) is 28.0. The second kappa shape index (κ2) is 39.2. The summed E-state index contributed by atoms with van der Waals surface area (Å²) in [7, 11) is 3.16. The van der Waals surface area contributed by atoms with Crippen LogP contribution in [0.4, 0.5) is 13.6 Å². The van der Waals surface area contributed by atoms with Crippen molar-refractivity contribution in [3.05, 3.63) is 0 Å². The first-order valence-electron chi connectivity index (χ1n) is 32.2. The number of nitrogens with zero attached hydrogens (tertiary/aromatic N) is 9. The van der Waals surface area contributed by atoms with Crippen molar-refractivity contribution >= 4 is 12.1 Å². The Hall–Kier alpha value is -1.96. The first-order chi connectivity index (χ1) is 38.8. The number of β-amino-alcohol motifs (C(OH)–C–C–N with tert-alkyl or cyclic N) is 2. The smallest absolute Gasteiger partial charge is 0.407 e. The number of likely N-dealkylation sites (tertiary alicyclic amines) is 9. The lowest BCUT2D eigenvalue weighted by atomic mass is 9.95. The van der Waals surface area contributed by atoms with Gasteiger partial charge < -0.3 is 50.4 Å². The summed E-state index contributed by atoms with van der Waals surface area (Å²) in [6.07, 6.45) is 1.68. The molecule has 0 aromatic carbocycles. The number of rotatable bonds is 14. The molecule has 0 spiro atoms. The molecule has 0 saturated carbocycles. The number of alkyl carbamates (subject to hydrolysis) is 1. The van der Waals surface area contributed by atoms with Crippen LogP contribution < -0.4 is 11.1 Å². The molecular formula is C63H131F2N11O8. The van der Waals surface area contributed by atoms with Gasteiger partial charge in [-0.3, -0.25) is 39.1 Å². The number of carbonyl (C=O) groups is 2. The fraction of sp³-hybridized carbons (Fsp3) is 0.968. The molecule has 500 valence electrons. The summed E-state index contributed by atoms with van der Waals surface area (Å²) in [5, 5.41) is 29.5. The van der Waals surface area contributed by atoms with Crippen LogP contribution in [-0.2, 0) is 19.0 Å². The van der Waals surface area contributed by atoms with E-state index in [1.165, 1.54) is 26.6 Å². The maximum atomic E-state index is 12.1. The highest BCUT2D eigenvalue weighted by Gasteiger charge is 2.44. The summed E-state index contributed by atoms with van der Waals surface area (Å²) in [5.74, 6) is -1.92. The van der Waals surface area contributed by atoms with Gasteiger partial charge in [0.25, 0.3) is 5.92 Å². The Bertz CT molecular complexity index is 1640. The number of hydrogen-bond donors (Lipinski definition) is 5. The summed E-state index contributed by atoms with van der Waals surface area (Å²) in [4.78, 5) is 42.3. The number of amides is 1. The summed E-state index contributed by atoms with van der Waals surface area (Å²) < 4.78 is 39.1. The third-order valence-corrected chi connectivity index (χ3v) is 16.7. The van der Waals surface area contributed by atoms with E-state index in [0.29, 0.717) is 67.0 Å². The maximum absolute atomic E-state index is 12.1. The molecule has 0 radical (unpaired) electrons. The van der Waals surface area contributed by atoms with Gasteiger partial charge in [0.2, 0.25) is 0 Å². The Labute approximate surface area is 511 Å². The van der Waals surface area contributed by atoms with Crippen molar-refractivity contribution in [1.29, 1.82) is 0 Å². The quantitative estimate of drug-likeness (QED) is 0.132. The number of hydrogen-bond acceptors (Lipinski definition) is 18. The standard InChI is InChI=1S/C10H19NO2.C8H16N2O2.3C7H15NO.C6H11F2N.C6H14N2.C6H13NO.C6H13N/c1-7(2)10(12)13-9-5-11(6-9)8(3)4;1-6(2)10-4-7(5-10)9-8(11)12-3;1-6(2)8-4-7(5-8)9-3;1-6(2)8-4-7(3,9)5-8;1-6(2)8-3-7(4-8)5-9;1-5(2)9-3-6(7,8)4-9;1-5(2)8-3-6(7)4-8;1-5(2)7-3-6(8)4-7;1-6(2)7-4-3-5-7/h7-9H,5-6H2,1-4H3;6-7H,4-5H2,1-3H3,(H,9,11);6-7H,4-5H2,1-3H3;6,9H,4-5H2,1-3H3;6-7,9H,3-5H2,1-2H3;5H,3-4H2,1-2H3;5-6H,3-4,7H2,1-2H3;5-6,8H,3-4H2,1-2H3;6H,3-5H2,1-2H3. The first kappa shape index (κ1) is 80.1. The number of carbonyl (C=O) groups excluding carboxylic acids is 2. The average Bonchev–Trinajstić information content (AvgIpc) is 3.26. The van der Waals surface area contributed by atoms with Crippen molar-refractivity contribution in [3.63, 3.8) is 0 Å². The van der Waals surface area contributed by atoms with E-state index in [4.69, 9.17) is 25.4 Å². The predicted octanol–water partition coefficient (Wildman–Crippen LogP) is 5.77. The molecule has 84 heavy (non-hydrogen) atoms. The number of esters is 1. The second-order valence-electron chi connectivity index (χ2n) is 28.0. The van der Waals surface area contributed by atoms with E-state index >= 15 is 0 Å². The largest absolute Gasteiger partial charge is 0.459 e. The van der Waals surface area contributed by atoms with Gasteiger partial charge in [0.15, 0.2) is 0 Å². The van der Waals surface area contributed by atoms with Gasteiger partial charge in [0.1, 0.15) is 6.10 Å². The molecule has 0 unspecified atom stereocenters. The van der Waals surface area contributed by atoms with E-state index in [0.717, 1.165) is 97.7 Å². The summed E-state index contributed by atoms with van der Waals surface area (Å²) in [6.45, 7) is 61.0. The molecule has 21 heteroatoms. The Morgan fingerprint density at radius 1 is 0.524 bits per heavy atom. The normalized spacial score (nSPS) is 22.7. The van der Waals surface area contributed by atoms with Gasteiger partial charge in [0.05, 0.1) is 50.0 Å². The molecule has 9 aliphatic rings. The molecular weight excluding hydrogens is 1080 g/mol. The van der Waals surface area contributed by atoms with Crippen LogP contribution in [0.5, 0.6) is 0 Å². The van der Waals surface area contributed by atoms with Crippen molar-refractivity contribution in [3.8, 4) is 0 Å². The van der Waals surface area contributed by atoms with Crippen molar-refractivity contribution in [2.24, 2.45) is 17.6 Å². The zero-order valence-electron chi connectivity index (χ0n) is 57.6. The zero-order chi connectivity index (χ0) is 64.6. The van der Waals surface area contributed by atoms with Crippen LogP contribution in [0.2, 0.25) is 0 Å². The van der Waals surface area contributed by atoms with Gasteiger partial charge in [-0.25, -0.2) is 13.6 Å². The topological polar surface area (TPSA) is 190 Å². The molecule has 9 saturated heterocycles. The molecule has 0 aliphatic carbocycles. The third kappa shape index (κ3) is 31.5. The highest BCUT2D eigenvalue weighted by atomic mass is 19.3. The molecule has 9 fully saturated rings. The number of alkyl halides is 2. The summed E-state index contributed by atoms with van der Waals surface area (Å²) >= 11 is 0. The van der Waals surface area contributed by atoms with Gasteiger partial charge in [-0.2, -0.15) is 0 Å². The van der Waals surface area contributed by atoms with Gasteiger partial charge >= 0.3 is 12.1 Å².